The van der Waals surface area contributed by atoms with Crippen molar-refractivity contribution in [3.63, 3.8) is 0 Å². The van der Waals surface area contributed by atoms with Crippen molar-refractivity contribution in [2.45, 2.75) is 0 Å². The van der Waals surface area contributed by atoms with Crippen LogP contribution in [-0.2, 0) is 29.0 Å². The van der Waals surface area contributed by atoms with Crippen molar-refractivity contribution in [3.8, 4) is 50.6 Å². The molecule has 2 aliphatic rings. The largest absolute Gasteiger partial charge is 2.00 e. The van der Waals surface area contributed by atoms with Crippen LogP contribution in [0.4, 0.5) is 0 Å². The third kappa shape index (κ3) is 6.97. The average Bonchev–Trinajstić information content (AvgIpc) is 4.09. The number of rotatable bonds is 6. The fraction of sp³-hybridized carbons (Fsp3) is 0.0204. The van der Waals surface area contributed by atoms with Gasteiger partial charge in [0.25, 0.3) is 0 Å². The van der Waals surface area contributed by atoms with Gasteiger partial charge in [-0.3, -0.25) is 0 Å². The summed E-state index contributed by atoms with van der Waals surface area (Å²) in [4.78, 5) is 34.2. The molecule has 5 heterocycles. The van der Waals surface area contributed by atoms with Gasteiger partial charge in [-0.2, -0.15) is 5.26 Å². The number of nitriles is 1. The predicted molar refractivity (Wildman–Crippen MR) is 224 cm³/mol. The fourth-order valence-electron chi connectivity index (χ4n) is 7.30. The molecule has 0 radical (unpaired) electrons. The van der Waals surface area contributed by atoms with Gasteiger partial charge in [0.05, 0.1) is 29.9 Å². The zero-order valence-corrected chi connectivity index (χ0v) is 33.9. The minimum atomic E-state index is -0.739. The summed E-state index contributed by atoms with van der Waals surface area (Å²) in [6.07, 6.45) is 9.58. The first-order chi connectivity index (χ1) is 27.6. The van der Waals surface area contributed by atoms with Gasteiger partial charge in [-0.15, -0.1) is 22.1 Å². The maximum absolute atomic E-state index is 12.9. The number of carbonyl (C=O) groups excluding carboxylic acids is 1. The Kier molecular flexibility index (Phi) is 10.2. The molecule has 266 valence electrons. The Morgan fingerprint density at radius 3 is 1.35 bits per heavy atom. The molecule has 0 amide bonds. The van der Waals surface area contributed by atoms with Gasteiger partial charge in [-0.05, 0) is 80.5 Å². The third-order valence-corrected chi connectivity index (χ3v) is 9.82. The topological polar surface area (TPSA) is 104 Å². The molecule has 0 aliphatic carbocycles. The molecule has 57 heavy (non-hydrogen) atoms. The first-order valence-electron chi connectivity index (χ1n) is 18.1. The van der Waals surface area contributed by atoms with Crippen LogP contribution < -0.4 is 9.97 Å². The summed E-state index contributed by atoms with van der Waals surface area (Å²) in [5.41, 5.74) is 13.0. The molecular formula is C49H31N5O2Zn. The van der Waals surface area contributed by atoms with E-state index in [1.807, 2.05) is 140 Å². The van der Waals surface area contributed by atoms with Crippen molar-refractivity contribution in [2.75, 3.05) is 7.11 Å². The molecule has 8 heteroatoms. The molecule has 8 bridgehead atoms. The van der Waals surface area contributed by atoms with Crippen LogP contribution in [0.1, 0.15) is 28.3 Å². The average molecular weight is 787 g/mol. The fourth-order valence-corrected chi connectivity index (χ4v) is 7.30. The number of carbonyl (C=O) groups is 1. The minimum Gasteiger partial charge on any atom is -0.657 e. The molecule has 3 aromatic heterocycles. The molecule has 0 N–H and O–H groups in total. The van der Waals surface area contributed by atoms with E-state index in [1.54, 1.807) is 6.08 Å². The van der Waals surface area contributed by atoms with Gasteiger partial charge in [-0.25, -0.2) is 14.8 Å². The number of hydrogen-bond donors (Lipinski definition) is 0. The molecule has 0 saturated carbocycles. The smallest absolute Gasteiger partial charge is 0.657 e. The van der Waals surface area contributed by atoms with E-state index in [4.69, 9.17) is 24.7 Å². The summed E-state index contributed by atoms with van der Waals surface area (Å²) in [6.45, 7) is 0. The number of ether oxygens (including phenoxy) is 1. The Morgan fingerprint density at radius 2 is 0.947 bits per heavy atom. The molecule has 2 aliphatic heterocycles. The van der Waals surface area contributed by atoms with Gasteiger partial charge in [0, 0.05) is 0 Å². The zero-order chi connectivity index (χ0) is 38.0. The van der Waals surface area contributed by atoms with Gasteiger partial charge in [0.15, 0.2) is 0 Å². The molecule has 0 unspecified atom stereocenters. The second kappa shape index (κ2) is 15.9. The van der Waals surface area contributed by atoms with Crippen molar-refractivity contribution in [1.82, 2.24) is 19.9 Å². The standard InChI is InChI=1S/C49H32N5O2.Zn/c1-56-49(55)36(30-50)28-35-29-43-46(33-18-10-4-11-19-33)41-25-24-39(52-41)44(31-14-6-2-7-15-31)37-22-23-38(51-37)45(32-16-8-3-9-17-32)40-26-27-42(53-40)47(48(35)54-43)34-20-12-5-13-21-34;/h2-29H,1H3,(H-,51,52,53,54,55);/q-1;+2/p-1. The van der Waals surface area contributed by atoms with Gasteiger partial charge in [0.1, 0.15) is 11.6 Å². The Balaban J connectivity index is 0.00000455. The molecule has 0 saturated heterocycles. The quantitative estimate of drug-likeness (QED) is 0.0715. The molecule has 7 aromatic rings. The first-order valence-corrected chi connectivity index (χ1v) is 18.1. The van der Waals surface area contributed by atoms with Crippen molar-refractivity contribution >= 4 is 58.4 Å². The number of fused-ring (bicyclic) bond motifs is 8. The van der Waals surface area contributed by atoms with Crippen LogP contribution in [0, 0.1) is 11.3 Å². The summed E-state index contributed by atoms with van der Waals surface area (Å²) in [5, 5.41) is 10.1. The minimum absolute atomic E-state index is 0. The van der Waals surface area contributed by atoms with E-state index in [2.05, 4.69) is 30.3 Å². The van der Waals surface area contributed by atoms with Gasteiger partial charge in [-0.1, -0.05) is 140 Å². The van der Waals surface area contributed by atoms with E-state index < -0.39 is 5.97 Å². The summed E-state index contributed by atoms with van der Waals surface area (Å²) in [6, 6.07) is 48.3. The van der Waals surface area contributed by atoms with Crippen LogP contribution in [-0.4, -0.2) is 23.0 Å². The summed E-state index contributed by atoms with van der Waals surface area (Å²) >= 11 is 0. The van der Waals surface area contributed by atoms with E-state index in [1.165, 1.54) is 7.11 Å². The number of hydrogen-bond acceptors (Lipinski definition) is 5. The monoisotopic (exact) mass is 785 g/mol. The van der Waals surface area contributed by atoms with Gasteiger partial charge < -0.3 is 14.7 Å². The van der Waals surface area contributed by atoms with E-state index in [0.29, 0.717) is 28.0 Å². The van der Waals surface area contributed by atoms with Crippen molar-refractivity contribution in [3.05, 3.63) is 173 Å². The van der Waals surface area contributed by atoms with Crippen molar-refractivity contribution < 1.29 is 29.0 Å². The van der Waals surface area contributed by atoms with Crippen LogP contribution in [0.2, 0.25) is 0 Å². The van der Waals surface area contributed by atoms with Crippen molar-refractivity contribution in [2.24, 2.45) is 0 Å². The Morgan fingerprint density at radius 1 is 0.561 bits per heavy atom. The van der Waals surface area contributed by atoms with Crippen LogP contribution >= 0.6 is 0 Å². The second-order valence-electron chi connectivity index (χ2n) is 13.2. The maximum atomic E-state index is 12.9. The van der Waals surface area contributed by atoms with E-state index in [0.717, 1.165) is 66.9 Å². The molecular weight excluding hydrogens is 756 g/mol. The van der Waals surface area contributed by atoms with Crippen molar-refractivity contribution in [1.29, 1.82) is 5.26 Å². The maximum Gasteiger partial charge on any atom is 2.00 e. The van der Waals surface area contributed by atoms with Crippen LogP contribution in [0.3, 0.4) is 0 Å². The molecule has 0 atom stereocenters. The van der Waals surface area contributed by atoms with E-state index in [9.17, 15) is 10.1 Å². The number of benzene rings is 4. The van der Waals surface area contributed by atoms with Gasteiger partial charge in [0.2, 0.25) is 0 Å². The zero-order valence-electron chi connectivity index (χ0n) is 30.9. The molecule has 9 rings (SSSR count). The third-order valence-electron chi connectivity index (χ3n) is 9.82. The van der Waals surface area contributed by atoms with Gasteiger partial charge >= 0.3 is 25.4 Å². The number of aromatic nitrogens is 4. The Labute approximate surface area is 342 Å². The first kappa shape index (κ1) is 36.8. The number of esters is 1. The van der Waals surface area contributed by atoms with E-state index in [-0.39, 0.29) is 25.1 Å². The normalized spacial score (nSPS) is 11.8. The summed E-state index contributed by atoms with van der Waals surface area (Å²) in [5.74, 6) is -0.739. The SMILES string of the molecule is COC(=O)/C(C#N)=C/c1cc2[n-]c1c(-c1ccccc1)c1nc(c(-c3ccccc3)c3ccc([n-]3)c(-c3ccccc3)c3nc(c2-c2ccccc2)C=C3)C=C1.[Zn+2]. The van der Waals surface area contributed by atoms with Crippen LogP contribution in [0.25, 0.3) is 97.0 Å². The second-order valence-corrected chi connectivity index (χ2v) is 13.2. The number of methoxy groups -OCH3 is 1. The summed E-state index contributed by atoms with van der Waals surface area (Å²) < 4.78 is 5.01. The molecule has 4 aromatic carbocycles. The molecule has 7 nitrogen and oxygen atoms in total. The Bertz CT molecular complexity index is 2960. The predicted octanol–water partition coefficient (Wildman–Crippen LogP) is 10.7. The van der Waals surface area contributed by atoms with Crippen LogP contribution in [0.15, 0.2) is 145 Å². The summed E-state index contributed by atoms with van der Waals surface area (Å²) in [7, 11) is 1.26. The van der Waals surface area contributed by atoms with E-state index >= 15 is 0 Å². The Hall–Kier alpha value is -7.20. The molecule has 0 fully saturated rings. The number of nitrogens with zero attached hydrogens (tertiary/aromatic N) is 5. The van der Waals surface area contributed by atoms with Crippen LogP contribution in [0.5, 0.6) is 0 Å². The molecule has 0 spiro atoms.